The predicted octanol–water partition coefficient (Wildman–Crippen LogP) is 3.21. The summed E-state index contributed by atoms with van der Waals surface area (Å²) in [5.74, 6) is 0. The molecule has 1 heterocycles. The molecule has 0 saturated carbocycles. The number of aromatic amines is 1. The van der Waals surface area contributed by atoms with Gasteiger partial charge in [0.25, 0.3) is 0 Å². The molecule has 3 aromatic rings. The van der Waals surface area contributed by atoms with Crippen molar-refractivity contribution in [3.05, 3.63) is 84.1 Å². The van der Waals surface area contributed by atoms with Crippen LogP contribution in [-0.4, -0.2) is 36.4 Å². The van der Waals surface area contributed by atoms with Gasteiger partial charge in [-0.3, -0.25) is 9.23 Å². The summed E-state index contributed by atoms with van der Waals surface area (Å²) in [7, 11) is -3.71. The van der Waals surface area contributed by atoms with Crippen molar-refractivity contribution in [1.82, 2.24) is 14.3 Å². The van der Waals surface area contributed by atoms with E-state index < -0.39 is 10.0 Å². The van der Waals surface area contributed by atoms with Crippen LogP contribution in [0.25, 0.3) is 0 Å². The highest BCUT2D eigenvalue weighted by atomic mass is 32.2. The Kier molecular flexibility index (Phi) is 6.19. The molecule has 0 saturated heterocycles. The number of hydrogen-bond acceptors (Lipinski definition) is 3. The zero-order chi connectivity index (χ0) is 19.3. The Morgan fingerprint density at radius 1 is 0.852 bits per heavy atom. The molecule has 0 spiro atoms. The first-order valence-electron chi connectivity index (χ1n) is 9.09. The summed E-state index contributed by atoms with van der Waals surface area (Å²) >= 11 is 0. The fourth-order valence-corrected chi connectivity index (χ4v) is 5.22. The molecule has 0 aliphatic heterocycles. The Hall–Kier alpha value is -2.31. The molecule has 1 aromatic heterocycles. The molecule has 27 heavy (non-hydrogen) atoms. The van der Waals surface area contributed by atoms with Gasteiger partial charge in [0, 0.05) is 6.20 Å². The van der Waals surface area contributed by atoms with Crippen molar-refractivity contribution in [3.63, 3.8) is 0 Å². The number of sulfonamides is 1. The van der Waals surface area contributed by atoms with Crippen LogP contribution in [0.5, 0.6) is 0 Å². The highest BCUT2D eigenvalue weighted by Gasteiger charge is 2.37. The van der Waals surface area contributed by atoms with E-state index in [2.05, 4.69) is 10.2 Å². The second-order valence-corrected chi connectivity index (χ2v) is 8.61. The maximum atomic E-state index is 13.3. The van der Waals surface area contributed by atoms with Crippen LogP contribution >= 0.6 is 0 Å². The molecule has 0 radical (unpaired) electrons. The Labute approximate surface area is 162 Å². The quantitative estimate of drug-likeness (QED) is 0.612. The van der Waals surface area contributed by atoms with Crippen molar-refractivity contribution in [3.8, 4) is 0 Å². The zero-order valence-electron chi connectivity index (χ0n) is 15.6. The molecular formula is C19H23B2N3O2S. The first kappa shape index (κ1) is 19.5. The van der Waals surface area contributed by atoms with E-state index in [4.69, 9.17) is 0 Å². The highest BCUT2D eigenvalue weighted by Crippen LogP contribution is 2.20. The van der Waals surface area contributed by atoms with Crippen molar-refractivity contribution < 1.29 is 8.42 Å². The number of nitrogens with zero attached hydrogens (tertiary/aromatic N) is 2. The van der Waals surface area contributed by atoms with Crippen LogP contribution in [-0.2, 0) is 22.7 Å². The lowest BCUT2D eigenvalue weighted by Gasteiger charge is -2.30. The standard InChI is InChI=1S/C19H23B2N3O2S/c1-20(15-17-9-5-3-6-10-17)24(27(25,26)19-13-14-22-23-19)21(2)16-18-11-7-4-8-12-18/h3-14H,15-16H2,1-2H3,(H,22,23). The largest absolute Gasteiger partial charge is 0.284 e. The predicted molar refractivity (Wildman–Crippen MR) is 111 cm³/mol. The van der Waals surface area contributed by atoms with Crippen LogP contribution < -0.4 is 0 Å². The van der Waals surface area contributed by atoms with Gasteiger partial charge in [0.1, 0.15) is 0 Å². The van der Waals surface area contributed by atoms with Crippen LogP contribution in [0, 0.1) is 0 Å². The minimum absolute atomic E-state index is 0.0577. The van der Waals surface area contributed by atoms with Gasteiger partial charge in [-0.2, -0.15) is 5.10 Å². The van der Waals surface area contributed by atoms with Gasteiger partial charge in [-0.15, -0.1) is 0 Å². The van der Waals surface area contributed by atoms with E-state index in [1.807, 2.05) is 74.3 Å². The van der Waals surface area contributed by atoms with Gasteiger partial charge in [-0.25, -0.2) is 8.42 Å². The van der Waals surface area contributed by atoms with Crippen LogP contribution in [0.3, 0.4) is 0 Å². The fourth-order valence-electron chi connectivity index (χ4n) is 3.50. The number of hydrogen-bond donors (Lipinski definition) is 1. The number of H-pyrrole nitrogens is 1. The highest BCUT2D eigenvalue weighted by molar-refractivity contribution is 7.91. The van der Waals surface area contributed by atoms with Gasteiger partial charge >= 0.3 is 0 Å². The lowest BCUT2D eigenvalue weighted by molar-refractivity contribution is 0.569. The summed E-state index contributed by atoms with van der Waals surface area (Å²) in [4.78, 5) is 0. The molecule has 0 amide bonds. The smallest absolute Gasteiger partial charge is 0.242 e. The molecule has 0 aliphatic carbocycles. The monoisotopic (exact) mass is 379 g/mol. The third-order valence-corrected chi connectivity index (χ3v) is 6.66. The normalized spacial score (nSPS) is 11.5. The van der Waals surface area contributed by atoms with E-state index in [-0.39, 0.29) is 18.7 Å². The van der Waals surface area contributed by atoms with Crippen molar-refractivity contribution in [2.75, 3.05) is 0 Å². The number of rotatable bonds is 8. The SMILES string of the molecule is CB(Cc1ccccc1)N(B(C)Cc1ccccc1)S(=O)(=O)c1cc[nH]n1. The first-order chi connectivity index (χ1) is 13.0. The van der Waals surface area contributed by atoms with Gasteiger partial charge in [0.15, 0.2) is 5.03 Å². The average molecular weight is 379 g/mol. The molecule has 0 aliphatic rings. The molecule has 0 atom stereocenters. The molecule has 138 valence electrons. The van der Waals surface area contributed by atoms with E-state index in [1.54, 1.807) is 4.13 Å². The van der Waals surface area contributed by atoms with Crippen LogP contribution in [0.15, 0.2) is 78.0 Å². The summed E-state index contributed by atoms with van der Waals surface area (Å²) < 4.78 is 28.2. The van der Waals surface area contributed by atoms with Crippen LogP contribution in [0.2, 0.25) is 13.6 Å². The fraction of sp³-hybridized carbons (Fsp3) is 0.211. The molecule has 5 nitrogen and oxygen atoms in total. The molecule has 8 heteroatoms. The Morgan fingerprint density at radius 2 is 1.33 bits per heavy atom. The maximum absolute atomic E-state index is 13.3. The molecule has 2 aromatic carbocycles. The van der Waals surface area contributed by atoms with Crippen LogP contribution in [0.4, 0.5) is 0 Å². The van der Waals surface area contributed by atoms with Gasteiger partial charge in [-0.1, -0.05) is 85.4 Å². The molecule has 3 rings (SSSR count). The molecule has 1 N–H and O–H groups in total. The van der Waals surface area contributed by atoms with Gasteiger partial charge in [-0.05, 0) is 18.7 Å². The number of nitrogens with one attached hydrogen (secondary N) is 1. The van der Waals surface area contributed by atoms with E-state index in [0.29, 0.717) is 12.6 Å². The summed E-state index contributed by atoms with van der Waals surface area (Å²) in [6.07, 6.45) is 2.82. The molecule has 0 bridgehead atoms. The topological polar surface area (TPSA) is 66.1 Å². The summed E-state index contributed by atoms with van der Waals surface area (Å²) in [5.41, 5.74) is 2.22. The summed E-state index contributed by atoms with van der Waals surface area (Å²) in [6.45, 7) is 3.51. The zero-order valence-corrected chi connectivity index (χ0v) is 16.4. The Morgan fingerprint density at radius 3 is 1.74 bits per heavy atom. The van der Waals surface area contributed by atoms with Crippen molar-refractivity contribution in [2.45, 2.75) is 31.3 Å². The van der Waals surface area contributed by atoms with E-state index in [1.165, 1.54) is 12.3 Å². The van der Waals surface area contributed by atoms with Crippen LogP contribution in [0.1, 0.15) is 11.1 Å². The second-order valence-electron chi connectivity index (χ2n) is 6.82. The third-order valence-electron chi connectivity index (χ3n) is 4.63. The Bertz CT molecular complexity index is 888. The van der Waals surface area contributed by atoms with Crippen molar-refractivity contribution in [1.29, 1.82) is 0 Å². The maximum Gasteiger partial charge on any atom is 0.242 e. The van der Waals surface area contributed by atoms with Crippen molar-refractivity contribution in [2.24, 2.45) is 0 Å². The number of aromatic nitrogens is 2. The van der Waals surface area contributed by atoms with E-state index >= 15 is 0 Å². The molecule has 0 unspecified atom stereocenters. The first-order valence-corrected chi connectivity index (χ1v) is 10.5. The number of benzene rings is 2. The third kappa shape index (κ3) is 4.70. The molecule has 0 fully saturated rings. The second kappa shape index (κ2) is 8.59. The van der Waals surface area contributed by atoms with E-state index in [9.17, 15) is 8.42 Å². The van der Waals surface area contributed by atoms with Gasteiger partial charge in [0.05, 0.1) is 0 Å². The minimum atomic E-state index is -3.71. The average Bonchev–Trinajstić information content (AvgIpc) is 3.19. The summed E-state index contributed by atoms with van der Waals surface area (Å²) in [6, 6.07) is 21.4. The van der Waals surface area contributed by atoms with Gasteiger partial charge in [0.2, 0.25) is 23.7 Å². The van der Waals surface area contributed by atoms with E-state index in [0.717, 1.165) is 11.1 Å². The summed E-state index contributed by atoms with van der Waals surface area (Å²) in [5, 5.41) is 6.60. The Balaban J connectivity index is 1.90. The minimum Gasteiger partial charge on any atom is -0.284 e. The van der Waals surface area contributed by atoms with Crippen molar-refractivity contribution >= 4 is 23.7 Å². The lowest BCUT2D eigenvalue weighted by Crippen LogP contribution is -2.52. The lowest BCUT2D eigenvalue weighted by atomic mass is 9.48. The molecular weight excluding hydrogens is 356 g/mol. The van der Waals surface area contributed by atoms with Gasteiger partial charge < -0.3 is 0 Å².